The number of hydrogen-bond donors (Lipinski definition) is 1. The van der Waals surface area contributed by atoms with E-state index in [1.165, 1.54) is 12.8 Å². The van der Waals surface area contributed by atoms with Gasteiger partial charge in [-0.1, -0.05) is 6.08 Å². The zero-order valence-corrected chi connectivity index (χ0v) is 7.04. The standard InChI is InChI=1S/C8H12N2O2/c1-12-8(11)7-3-2-6-4-9-5-10(6)7/h2,7,9H,3-5H2,1H3. The summed E-state index contributed by atoms with van der Waals surface area (Å²) in [5.74, 6) is -0.134. The van der Waals surface area contributed by atoms with Crippen LogP contribution in [0.15, 0.2) is 11.8 Å². The van der Waals surface area contributed by atoms with Crippen LogP contribution >= 0.6 is 0 Å². The highest BCUT2D eigenvalue weighted by Crippen LogP contribution is 2.24. The van der Waals surface area contributed by atoms with Crippen LogP contribution in [0, 0.1) is 0 Å². The van der Waals surface area contributed by atoms with Crippen LogP contribution in [-0.2, 0) is 9.53 Å². The number of nitrogens with zero attached hydrogens (tertiary/aromatic N) is 1. The third kappa shape index (κ3) is 0.992. The molecule has 0 radical (unpaired) electrons. The Morgan fingerprint density at radius 1 is 1.83 bits per heavy atom. The van der Waals surface area contributed by atoms with E-state index >= 15 is 0 Å². The Hall–Kier alpha value is -1.03. The summed E-state index contributed by atoms with van der Waals surface area (Å²) in [5, 5.41) is 3.18. The highest BCUT2D eigenvalue weighted by Gasteiger charge is 2.34. The number of carbonyl (C=O) groups excluding carboxylic acids is 1. The minimum Gasteiger partial charge on any atom is -0.467 e. The Labute approximate surface area is 71.2 Å². The summed E-state index contributed by atoms with van der Waals surface area (Å²) in [7, 11) is 1.43. The molecule has 12 heavy (non-hydrogen) atoms. The zero-order valence-electron chi connectivity index (χ0n) is 7.04. The van der Waals surface area contributed by atoms with Crippen LogP contribution in [-0.4, -0.2) is 37.2 Å². The van der Waals surface area contributed by atoms with Crippen LogP contribution in [0.5, 0.6) is 0 Å². The Balaban J connectivity index is 2.08. The fourth-order valence-corrected chi connectivity index (χ4v) is 1.74. The van der Waals surface area contributed by atoms with Gasteiger partial charge in [-0.05, 0) is 6.42 Å². The highest BCUT2D eigenvalue weighted by atomic mass is 16.5. The molecule has 0 aliphatic carbocycles. The van der Waals surface area contributed by atoms with Crippen molar-refractivity contribution in [3.8, 4) is 0 Å². The minimum atomic E-state index is -0.134. The fraction of sp³-hybridized carbons (Fsp3) is 0.625. The molecule has 1 N–H and O–H groups in total. The molecule has 2 heterocycles. The molecule has 2 aliphatic heterocycles. The Morgan fingerprint density at radius 2 is 2.67 bits per heavy atom. The molecule has 0 amide bonds. The van der Waals surface area contributed by atoms with Gasteiger partial charge < -0.3 is 9.64 Å². The van der Waals surface area contributed by atoms with Crippen molar-refractivity contribution in [2.75, 3.05) is 20.3 Å². The van der Waals surface area contributed by atoms with E-state index in [-0.39, 0.29) is 12.0 Å². The summed E-state index contributed by atoms with van der Waals surface area (Å²) in [6, 6.07) is -0.0833. The smallest absolute Gasteiger partial charge is 0.328 e. The predicted molar refractivity (Wildman–Crippen MR) is 43.2 cm³/mol. The summed E-state index contributed by atoms with van der Waals surface area (Å²) in [6.07, 6.45) is 2.89. The molecule has 4 heteroatoms. The average Bonchev–Trinajstić information content (AvgIpc) is 2.62. The molecule has 1 unspecified atom stereocenters. The van der Waals surface area contributed by atoms with Crippen molar-refractivity contribution < 1.29 is 9.53 Å². The van der Waals surface area contributed by atoms with Crippen LogP contribution in [0.4, 0.5) is 0 Å². The first-order valence-electron chi connectivity index (χ1n) is 4.07. The summed E-state index contributed by atoms with van der Waals surface area (Å²) in [6.45, 7) is 1.65. The van der Waals surface area contributed by atoms with Crippen molar-refractivity contribution in [2.45, 2.75) is 12.5 Å². The molecule has 0 saturated carbocycles. The second-order valence-electron chi connectivity index (χ2n) is 3.02. The zero-order chi connectivity index (χ0) is 8.55. The lowest BCUT2D eigenvalue weighted by Crippen LogP contribution is -2.36. The lowest BCUT2D eigenvalue weighted by Gasteiger charge is -2.20. The Kier molecular flexibility index (Phi) is 1.77. The molecule has 2 rings (SSSR count). The maximum absolute atomic E-state index is 11.2. The van der Waals surface area contributed by atoms with Gasteiger partial charge in [-0.15, -0.1) is 0 Å². The van der Waals surface area contributed by atoms with Gasteiger partial charge in [0.15, 0.2) is 0 Å². The topological polar surface area (TPSA) is 41.6 Å². The first kappa shape index (κ1) is 7.61. The fourth-order valence-electron chi connectivity index (χ4n) is 1.74. The number of rotatable bonds is 1. The first-order valence-corrected chi connectivity index (χ1v) is 4.07. The van der Waals surface area contributed by atoms with Gasteiger partial charge in [-0.25, -0.2) is 4.79 Å². The van der Waals surface area contributed by atoms with Gasteiger partial charge in [-0.2, -0.15) is 0 Å². The molecule has 0 aromatic heterocycles. The van der Waals surface area contributed by atoms with E-state index in [2.05, 4.69) is 16.3 Å². The molecule has 0 aromatic carbocycles. The number of esters is 1. The number of methoxy groups -OCH3 is 1. The SMILES string of the molecule is COC(=O)C1CC=C2CNCN21. The van der Waals surface area contributed by atoms with Crippen LogP contribution in [0.1, 0.15) is 6.42 Å². The first-order chi connectivity index (χ1) is 5.83. The second-order valence-corrected chi connectivity index (χ2v) is 3.02. The van der Waals surface area contributed by atoms with E-state index in [1.807, 2.05) is 0 Å². The summed E-state index contributed by atoms with van der Waals surface area (Å²) in [4.78, 5) is 13.3. The number of fused-ring (bicyclic) bond motifs is 1. The molecule has 1 atom stereocenters. The van der Waals surface area contributed by atoms with Gasteiger partial charge in [0.05, 0.1) is 13.8 Å². The van der Waals surface area contributed by atoms with E-state index in [1.54, 1.807) is 0 Å². The van der Waals surface area contributed by atoms with Gasteiger partial charge in [0.2, 0.25) is 0 Å². The molecular weight excluding hydrogens is 156 g/mol. The third-order valence-electron chi connectivity index (χ3n) is 2.38. The van der Waals surface area contributed by atoms with E-state index in [9.17, 15) is 4.79 Å². The van der Waals surface area contributed by atoms with Crippen molar-refractivity contribution in [3.63, 3.8) is 0 Å². The molecule has 0 aromatic rings. The number of carbonyl (C=O) groups is 1. The molecule has 0 spiro atoms. The molecule has 0 bridgehead atoms. The lowest BCUT2D eigenvalue weighted by atomic mass is 10.2. The van der Waals surface area contributed by atoms with Gasteiger partial charge in [0.1, 0.15) is 6.04 Å². The van der Waals surface area contributed by atoms with Gasteiger partial charge in [0, 0.05) is 12.2 Å². The summed E-state index contributed by atoms with van der Waals surface area (Å²) >= 11 is 0. The molecule has 2 aliphatic rings. The molecular formula is C8H12N2O2. The minimum absolute atomic E-state index is 0.0833. The van der Waals surface area contributed by atoms with E-state index in [0.29, 0.717) is 0 Å². The average molecular weight is 168 g/mol. The van der Waals surface area contributed by atoms with E-state index in [4.69, 9.17) is 4.74 Å². The molecule has 1 fully saturated rings. The molecule has 66 valence electrons. The molecule has 1 saturated heterocycles. The van der Waals surface area contributed by atoms with Gasteiger partial charge in [-0.3, -0.25) is 5.32 Å². The summed E-state index contributed by atoms with van der Waals surface area (Å²) < 4.78 is 4.70. The van der Waals surface area contributed by atoms with E-state index < -0.39 is 0 Å². The van der Waals surface area contributed by atoms with Crippen LogP contribution in [0.2, 0.25) is 0 Å². The summed E-state index contributed by atoms with van der Waals surface area (Å²) in [5.41, 5.74) is 1.23. The Bertz CT molecular complexity index is 237. The maximum atomic E-state index is 11.2. The number of nitrogens with one attached hydrogen (secondary N) is 1. The van der Waals surface area contributed by atoms with Gasteiger partial charge >= 0.3 is 5.97 Å². The van der Waals surface area contributed by atoms with Crippen molar-refractivity contribution >= 4 is 5.97 Å². The van der Waals surface area contributed by atoms with Crippen LogP contribution < -0.4 is 5.32 Å². The molecule has 4 nitrogen and oxygen atoms in total. The van der Waals surface area contributed by atoms with Crippen molar-refractivity contribution in [3.05, 3.63) is 11.8 Å². The van der Waals surface area contributed by atoms with E-state index in [0.717, 1.165) is 19.6 Å². The maximum Gasteiger partial charge on any atom is 0.328 e. The van der Waals surface area contributed by atoms with Crippen molar-refractivity contribution in [1.29, 1.82) is 0 Å². The monoisotopic (exact) mass is 168 g/mol. The third-order valence-corrected chi connectivity index (χ3v) is 2.38. The van der Waals surface area contributed by atoms with Crippen LogP contribution in [0.25, 0.3) is 0 Å². The van der Waals surface area contributed by atoms with Gasteiger partial charge in [0.25, 0.3) is 0 Å². The van der Waals surface area contributed by atoms with Crippen molar-refractivity contribution in [2.24, 2.45) is 0 Å². The number of ether oxygens (including phenoxy) is 1. The lowest BCUT2D eigenvalue weighted by molar-refractivity contribution is -0.145. The normalized spacial score (nSPS) is 26.9. The number of hydrogen-bond acceptors (Lipinski definition) is 4. The predicted octanol–water partition coefficient (Wildman–Crippen LogP) is -0.322. The van der Waals surface area contributed by atoms with Crippen molar-refractivity contribution in [1.82, 2.24) is 10.2 Å². The largest absolute Gasteiger partial charge is 0.467 e. The highest BCUT2D eigenvalue weighted by molar-refractivity contribution is 5.77. The quantitative estimate of drug-likeness (QED) is 0.545. The Morgan fingerprint density at radius 3 is 3.42 bits per heavy atom. The second kappa shape index (κ2) is 2.79. The van der Waals surface area contributed by atoms with Crippen LogP contribution in [0.3, 0.4) is 0 Å².